The fraction of sp³-hybridized carbons (Fsp3) is 0.462. The second-order valence-corrected chi connectivity index (χ2v) is 5.56. The van der Waals surface area contributed by atoms with Gasteiger partial charge in [0.25, 0.3) is 5.91 Å². The van der Waals surface area contributed by atoms with Crippen LogP contribution in [0.1, 0.15) is 20.8 Å². The summed E-state index contributed by atoms with van der Waals surface area (Å²) >= 11 is 3.16. The fourth-order valence-electron chi connectivity index (χ4n) is 1.38. The minimum absolute atomic E-state index is 0.149. The van der Waals surface area contributed by atoms with Gasteiger partial charge in [0.15, 0.2) is 11.9 Å². The summed E-state index contributed by atoms with van der Waals surface area (Å²) in [5.74, 6) is -0.0645. The number of ether oxygens (including phenoxy) is 1. The van der Waals surface area contributed by atoms with Gasteiger partial charge in [-0.05, 0) is 34.8 Å². The summed E-state index contributed by atoms with van der Waals surface area (Å²) in [6.45, 7) is 6.19. The molecule has 0 saturated heterocycles. The minimum Gasteiger partial charge on any atom is -0.478 e. The molecule has 1 aromatic rings. The van der Waals surface area contributed by atoms with Crippen molar-refractivity contribution >= 4 is 27.5 Å². The molecule has 3 N–H and O–H groups in total. The maximum absolute atomic E-state index is 13.1. The van der Waals surface area contributed by atoms with Crippen molar-refractivity contribution in [2.75, 3.05) is 12.3 Å². The third kappa shape index (κ3) is 4.70. The van der Waals surface area contributed by atoms with Crippen molar-refractivity contribution in [3.63, 3.8) is 0 Å². The molecule has 1 atom stereocenters. The topological polar surface area (TPSA) is 64.3 Å². The summed E-state index contributed by atoms with van der Waals surface area (Å²) in [5, 5.41) is 2.76. The average molecular weight is 333 g/mol. The Hall–Kier alpha value is -1.30. The van der Waals surface area contributed by atoms with Crippen LogP contribution in [0.3, 0.4) is 0 Å². The number of nitrogen functional groups attached to an aromatic ring is 1. The molecule has 0 fully saturated rings. The van der Waals surface area contributed by atoms with E-state index in [4.69, 9.17) is 10.5 Å². The zero-order chi connectivity index (χ0) is 14.6. The Morgan fingerprint density at radius 2 is 2.11 bits per heavy atom. The molecule has 0 aliphatic carbocycles. The quantitative estimate of drug-likeness (QED) is 0.815. The van der Waals surface area contributed by atoms with Crippen molar-refractivity contribution in [2.24, 2.45) is 5.92 Å². The van der Waals surface area contributed by atoms with Crippen LogP contribution in [0.25, 0.3) is 0 Å². The smallest absolute Gasteiger partial charge is 0.260 e. The standard InChI is InChI=1S/C13H18BrFN2O2/c1-7(2)6-17-13(18)8(3)19-12-10(14)4-9(15)5-11(12)16/h4-5,7-8H,6,16H2,1-3H3,(H,17,18). The summed E-state index contributed by atoms with van der Waals surface area (Å²) in [4.78, 5) is 11.8. The molecule has 19 heavy (non-hydrogen) atoms. The molecule has 0 aliphatic heterocycles. The van der Waals surface area contributed by atoms with Gasteiger partial charge in [-0.25, -0.2) is 4.39 Å². The van der Waals surface area contributed by atoms with Crippen LogP contribution in [0.4, 0.5) is 10.1 Å². The summed E-state index contributed by atoms with van der Waals surface area (Å²) < 4.78 is 18.9. The van der Waals surface area contributed by atoms with Gasteiger partial charge in [0.05, 0.1) is 10.2 Å². The predicted molar refractivity (Wildman–Crippen MR) is 76.5 cm³/mol. The van der Waals surface area contributed by atoms with E-state index in [2.05, 4.69) is 21.2 Å². The molecule has 0 heterocycles. The second-order valence-electron chi connectivity index (χ2n) is 4.71. The highest BCUT2D eigenvalue weighted by molar-refractivity contribution is 9.10. The molecule has 0 spiro atoms. The maximum atomic E-state index is 13.1. The van der Waals surface area contributed by atoms with Gasteiger partial charge in [0, 0.05) is 12.6 Å². The molecule has 1 amide bonds. The number of benzene rings is 1. The molecule has 0 aromatic heterocycles. The van der Waals surface area contributed by atoms with E-state index >= 15 is 0 Å². The zero-order valence-corrected chi connectivity index (χ0v) is 12.8. The molecule has 1 unspecified atom stereocenters. The molecule has 1 aromatic carbocycles. The Kier molecular flexibility index (Phi) is 5.60. The molecule has 6 heteroatoms. The van der Waals surface area contributed by atoms with Gasteiger partial charge in [-0.2, -0.15) is 0 Å². The molecular formula is C13H18BrFN2O2. The number of hydrogen-bond donors (Lipinski definition) is 2. The molecule has 4 nitrogen and oxygen atoms in total. The number of anilines is 1. The van der Waals surface area contributed by atoms with E-state index in [0.717, 1.165) is 6.07 Å². The van der Waals surface area contributed by atoms with E-state index < -0.39 is 11.9 Å². The van der Waals surface area contributed by atoms with Crippen molar-refractivity contribution in [1.82, 2.24) is 5.32 Å². The number of carbonyl (C=O) groups is 1. The Balaban J connectivity index is 2.71. The Morgan fingerprint density at radius 1 is 1.47 bits per heavy atom. The van der Waals surface area contributed by atoms with Crippen LogP contribution in [0.5, 0.6) is 5.75 Å². The first-order valence-corrected chi connectivity index (χ1v) is 6.79. The van der Waals surface area contributed by atoms with Gasteiger partial charge >= 0.3 is 0 Å². The normalized spacial score (nSPS) is 12.3. The van der Waals surface area contributed by atoms with E-state index in [1.54, 1.807) is 6.92 Å². The number of amides is 1. The summed E-state index contributed by atoms with van der Waals surface area (Å²) in [6, 6.07) is 2.39. The number of nitrogens with two attached hydrogens (primary N) is 1. The first-order valence-electron chi connectivity index (χ1n) is 6.00. The molecule has 0 aliphatic rings. The third-order valence-electron chi connectivity index (χ3n) is 2.39. The van der Waals surface area contributed by atoms with E-state index in [9.17, 15) is 9.18 Å². The van der Waals surface area contributed by atoms with Crippen molar-refractivity contribution in [3.8, 4) is 5.75 Å². The highest BCUT2D eigenvalue weighted by atomic mass is 79.9. The summed E-state index contributed by atoms with van der Waals surface area (Å²) in [5.41, 5.74) is 5.81. The molecule has 0 bridgehead atoms. The molecule has 0 saturated carbocycles. The van der Waals surface area contributed by atoms with Crippen LogP contribution in [-0.2, 0) is 4.79 Å². The van der Waals surface area contributed by atoms with Crippen LogP contribution in [0.2, 0.25) is 0 Å². The van der Waals surface area contributed by atoms with E-state index in [-0.39, 0.29) is 17.3 Å². The Morgan fingerprint density at radius 3 is 2.63 bits per heavy atom. The number of rotatable bonds is 5. The maximum Gasteiger partial charge on any atom is 0.260 e. The van der Waals surface area contributed by atoms with Crippen LogP contribution in [0.15, 0.2) is 16.6 Å². The van der Waals surface area contributed by atoms with E-state index in [1.807, 2.05) is 13.8 Å². The molecule has 1 rings (SSSR count). The van der Waals surface area contributed by atoms with Gasteiger partial charge < -0.3 is 15.8 Å². The van der Waals surface area contributed by atoms with Crippen molar-refractivity contribution in [2.45, 2.75) is 26.9 Å². The van der Waals surface area contributed by atoms with E-state index in [1.165, 1.54) is 6.07 Å². The highest BCUT2D eigenvalue weighted by Gasteiger charge is 2.18. The molecule has 106 valence electrons. The largest absolute Gasteiger partial charge is 0.478 e. The monoisotopic (exact) mass is 332 g/mol. The number of halogens is 2. The predicted octanol–water partition coefficient (Wildman–Crippen LogP) is 2.71. The van der Waals surface area contributed by atoms with Gasteiger partial charge in [0.1, 0.15) is 5.82 Å². The Labute approximate surface area is 120 Å². The molecular weight excluding hydrogens is 315 g/mol. The number of carbonyl (C=O) groups excluding carboxylic acids is 1. The van der Waals surface area contributed by atoms with Crippen LogP contribution >= 0.6 is 15.9 Å². The average Bonchev–Trinajstić information content (AvgIpc) is 2.30. The van der Waals surface area contributed by atoms with Crippen molar-refractivity contribution < 1.29 is 13.9 Å². The lowest BCUT2D eigenvalue weighted by atomic mass is 10.2. The fourth-order valence-corrected chi connectivity index (χ4v) is 1.92. The van der Waals surface area contributed by atoms with Gasteiger partial charge in [-0.1, -0.05) is 13.8 Å². The number of nitrogens with one attached hydrogen (secondary N) is 1. The Bertz CT molecular complexity index is 443. The lowest BCUT2D eigenvalue weighted by Crippen LogP contribution is -2.38. The summed E-state index contributed by atoms with van der Waals surface area (Å²) in [7, 11) is 0. The van der Waals surface area contributed by atoms with Crippen molar-refractivity contribution in [3.05, 3.63) is 22.4 Å². The number of hydrogen-bond acceptors (Lipinski definition) is 3. The lowest BCUT2D eigenvalue weighted by molar-refractivity contribution is -0.127. The zero-order valence-electron chi connectivity index (χ0n) is 11.2. The minimum atomic E-state index is -0.706. The first-order chi connectivity index (χ1) is 8.81. The molecule has 0 radical (unpaired) electrons. The third-order valence-corrected chi connectivity index (χ3v) is 2.97. The van der Waals surface area contributed by atoms with Crippen molar-refractivity contribution in [1.29, 1.82) is 0 Å². The van der Waals surface area contributed by atoms with Crippen LogP contribution in [0, 0.1) is 11.7 Å². The summed E-state index contributed by atoms with van der Waals surface area (Å²) in [6.07, 6.45) is -0.706. The van der Waals surface area contributed by atoms with Gasteiger partial charge in [-0.15, -0.1) is 0 Å². The van der Waals surface area contributed by atoms with Gasteiger partial charge in [-0.3, -0.25) is 4.79 Å². The second kappa shape index (κ2) is 6.75. The first kappa shape index (κ1) is 15.8. The van der Waals surface area contributed by atoms with Crippen LogP contribution in [-0.4, -0.2) is 18.6 Å². The highest BCUT2D eigenvalue weighted by Crippen LogP contribution is 2.33. The van der Waals surface area contributed by atoms with Gasteiger partial charge in [0.2, 0.25) is 0 Å². The lowest BCUT2D eigenvalue weighted by Gasteiger charge is -2.17. The van der Waals surface area contributed by atoms with Crippen LogP contribution < -0.4 is 15.8 Å². The SMILES string of the molecule is CC(C)CNC(=O)C(C)Oc1c(N)cc(F)cc1Br. The van der Waals surface area contributed by atoms with E-state index in [0.29, 0.717) is 16.9 Å².